The fourth-order valence-electron chi connectivity index (χ4n) is 5.26. The van der Waals surface area contributed by atoms with Crippen molar-refractivity contribution in [3.05, 3.63) is 71.5 Å². The number of rotatable bonds is 7. The first-order valence-corrected chi connectivity index (χ1v) is 12.0. The lowest BCUT2D eigenvalue weighted by Crippen LogP contribution is -2.50. The van der Waals surface area contributed by atoms with Gasteiger partial charge in [-0.05, 0) is 62.7 Å². The maximum atomic E-state index is 13.4. The maximum Gasteiger partial charge on any atom is 0.228 e. The molecule has 0 bridgehead atoms. The van der Waals surface area contributed by atoms with E-state index in [0.717, 1.165) is 38.0 Å². The highest BCUT2D eigenvalue weighted by Crippen LogP contribution is 2.36. The van der Waals surface area contributed by atoms with E-state index in [9.17, 15) is 14.3 Å². The predicted octanol–water partition coefficient (Wildman–Crippen LogP) is 3.52. The number of nitrogens with zero attached hydrogens (tertiary/aromatic N) is 3. The summed E-state index contributed by atoms with van der Waals surface area (Å²) < 4.78 is 13.1. The second kappa shape index (κ2) is 9.92. The van der Waals surface area contributed by atoms with Gasteiger partial charge in [0.1, 0.15) is 5.82 Å². The number of benzene rings is 2. The molecule has 0 aromatic heterocycles. The standard InChI is InChI=1S/C27H36FN3O2/c1-26(12-15-30(16-13-26)19-22-6-4-3-5-7-22)25(32)31-17-14-27(33,21-31)20-29(2)18-23-8-10-24(28)11-9-23/h3-11,33H,12-21H2,1-2H3/t27-/m1/s1. The molecule has 6 heteroatoms. The molecule has 2 fully saturated rings. The van der Waals surface area contributed by atoms with Crippen molar-refractivity contribution in [1.29, 1.82) is 0 Å². The number of likely N-dealkylation sites (N-methyl/N-ethyl adjacent to an activating group) is 1. The number of carbonyl (C=O) groups is 1. The number of aliphatic hydroxyl groups is 1. The van der Waals surface area contributed by atoms with Crippen molar-refractivity contribution in [3.8, 4) is 0 Å². The zero-order valence-corrected chi connectivity index (χ0v) is 19.8. The molecular weight excluding hydrogens is 417 g/mol. The highest BCUT2D eigenvalue weighted by molar-refractivity contribution is 5.83. The van der Waals surface area contributed by atoms with Gasteiger partial charge >= 0.3 is 0 Å². The number of amides is 1. The van der Waals surface area contributed by atoms with E-state index in [1.165, 1.54) is 17.7 Å². The minimum absolute atomic E-state index is 0.180. The fourth-order valence-corrected chi connectivity index (χ4v) is 5.26. The summed E-state index contributed by atoms with van der Waals surface area (Å²) in [4.78, 5) is 19.8. The topological polar surface area (TPSA) is 47.0 Å². The Hall–Kier alpha value is -2.28. The van der Waals surface area contributed by atoms with Crippen LogP contribution in [0.15, 0.2) is 54.6 Å². The second-order valence-electron chi connectivity index (χ2n) is 10.3. The maximum absolute atomic E-state index is 13.4. The Labute approximate surface area is 196 Å². The van der Waals surface area contributed by atoms with Crippen LogP contribution >= 0.6 is 0 Å². The van der Waals surface area contributed by atoms with Crippen LogP contribution in [0.1, 0.15) is 37.3 Å². The molecule has 4 rings (SSSR count). The summed E-state index contributed by atoms with van der Waals surface area (Å²) in [5.74, 6) is -0.0663. The van der Waals surface area contributed by atoms with Crippen molar-refractivity contribution in [1.82, 2.24) is 14.7 Å². The van der Waals surface area contributed by atoms with E-state index < -0.39 is 5.60 Å². The highest BCUT2D eigenvalue weighted by Gasteiger charge is 2.45. The molecule has 2 saturated heterocycles. The minimum atomic E-state index is -0.908. The molecule has 0 unspecified atom stereocenters. The Balaban J connectivity index is 1.28. The van der Waals surface area contributed by atoms with E-state index >= 15 is 0 Å². The molecule has 2 aromatic carbocycles. The molecule has 2 heterocycles. The van der Waals surface area contributed by atoms with Gasteiger partial charge in [-0.15, -0.1) is 0 Å². The van der Waals surface area contributed by atoms with Crippen LogP contribution in [0.25, 0.3) is 0 Å². The molecule has 2 aliphatic rings. The van der Waals surface area contributed by atoms with Crippen molar-refractivity contribution >= 4 is 5.91 Å². The molecule has 5 nitrogen and oxygen atoms in total. The van der Waals surface area contributed by atoms with E-state index in [4.69, 9.17) is 0 Å². The third kappa shape index (κ3) is 5.99. The minimum Gasteiger partial charge on any atom is -0.387 e. The molecule has 178 valence electrons. The molecule has 0 spiro atoms. The molecule has 2 aromatic rings. The largest absolute Gasteiger partial charge is 0.387 e. The zero-order valence-electron chi connectivity index (χ0n) is 19.8. The Morgan fingerprint density at radius 2 is 1.67 bits per heavy atom. The van der Waals surface area contributed by atoms with Gasteiger partial charge in [-0.2, -0.15) is 0 Å². The number of likely N-dealkylation sites (tertiary alicyclic amines) is 2. The summed E-state index contributed by atoms with van der Waals surface area (Å²) in [5.41, 5.74) is 1.04. The third-order valence-corrected chi connectivity index (χ3v) is 7.27. The van der Waals surface area contributed by atoms with Gasteiger partial charge in [-0.25, -0.2) is 4.39 Å². The van der Waals surface area contributed by atoms with Gasteiger partial charge in [-0.1, -0.05) is 49.4 Å². The molecule has 1 N–H and O–H groups in total. The van der Waals surface area contributed by atoms with Crippen molar-refractivity contribution < 1.29 is 14.3 Å². The van der Waals surface area contributed by atoms with Gasteiger partial charge in [0.15, 0.2) is 0 Å². The van der Waals surface area contributed by atoms with Crippen LogP contribution in [0.4, 0.5) is 4.39 Å². The Morgan fingerprint density at radius 3 is 2.33 bits per heavy atom. The van der Waals surface area contributed by atoms with Crippen molar-refractivity contribution in [2.45, 2.75) is 44.9 Å². The first-order valence-electron chi connectivity index (χ1n) is 12.0. The number of piperidine rings is 1. The summed E-state index contributed by atoms with van der Waals surface area (Å²) in [6, 6.07) is 16.9. The monoisotopic (exact) mass is 453 g/mol. The van der Waals surface area contributed by atoms with Crippen LogP contribution in [-0.2, 0) is 17.9 Å². The number of hydrogen-bond acceptors (Lipinski definition) is 4. The summed E-state index contributed by atoms with van der Waals surface area (Å²) in [6.45, 7) is 6.93. The van der Waals surface area contributed by atoms with Gasteiger partial charge < -0.3 is 10.0 Å². The Kier molecular flexibility index (Phi) is 7.17. The van der Waals surface area contributed by atoms with Crippen LogP contribution in [0.3, 0.4) is 0 Å². The van der Waals surface area contributed by atoms with Crippen LogP contribution < -0.4 is 0 Å². The molecular formula is C27H36FN3O2. The van der Waals surface area contributed by atoms with Crippen molar-refractivity contribution in [2.24, 2.45) is 5.41 Å². The number of halogens is 1. The molecule has 1 atom stereocenters. The molecule has 33 heavy (non-hydrogen) atoms. The Bertz CT molecular complexity index is 928. The lowest BCUT2D eigenvalue weighted by Gasteiger charge is -2.40. The van der Waals surface area contributed by atoms with Gasteiger partial charge in [0, 0.05) is 31.6 Å². The number of hydrogen-bond donors (Lipinski definition) is 1. The van der Waals surface area contributed by atoms with Crippen LogP contribution in [0.5, 0.6) is 0 Å². The summed E-state index contributed by atoms with van der Waals surface area (Å²) in [5, 5.41) is 11.2. The third-order valence-electron chi connectivity index (χ3n) is 7.27. The molecule has 0 aliphatic carbocycles. The van der Waals surface area contributed by atoms with Gasteiger partial charge in [0.25, 0.3) is 0 Å². The summed E-state index contributed by atoms with van der Waals surface area (Å²) in [6.07, 6.45) is 2.28. The van der Waals surface area contributed by atoms with Gasteiger partial charge in [0.05, 0.1) is 12.1 Å². The summed E-state index contributed by atoms with van der Waals surface area (Å²) in [7, 11) is 1.95. The molecule has 0 saturated carbocycles. The van der Waals surface area contributed by atoms with Crippen molar-refractivity contribution in [3.63, 3.8) is 0 Å². The summed E-state index contributed by atoms with van der Waals surface area (Å²) >= 11 is 0. The predicted molar refractivity (Wildman–Crippen MR) is 128 cm³/mol. The lowest BCUT2D eigenvalue weighted by atomic mass is 9.79. The smallest absolute Gasteiger partial charge is 0.228 e. The highest BCUT2D eigenvalue weighted by atomic mass is 19.1. The van der Waals surface area contributed by atoms with Gasteiger partial charge in [-0.3, -0.25) is 14.6 Å². The van der Waals surface area contributed by atoms with E-state index in [-0.39, 0.29) is 17.1 Å². The average molecular weight is 454 g/mol. The van der Waals surface area contributed by atoms with E-state index in [1.54, 1.807) is 12.1 Å². The van der Waals surface area contributed by atoms with E-state index in [1.807, 2.05) is 22.9 Å². The van der Waals surface area contributed by atoms with Crippen LogP contribution in [0.2, 0.25) is 0 Å². The van der Waals surface area contributed by atoms with Crippen LogP contribution in [0, 0.1) is 11.2 Å². The molecule has 1 amide bonds. The number of carbonyl (C=O) groups excluding carboxylic acids is 1. The van der Waals surface area contributed by atoms with Crippen LogP contribution in [-0.4, -0.2) is 71.1 Å². The first-order chi connectivity index (χ1) is 15.7. The molecule has 2 aliphatic heterocycles. The van der Waals surface area contributed by atoms with E-state index in [0.29, 0.717) is 32.6 Å². The lowest BCUT2D eigenvalue weighted by molar-refractivity contribution is -0.144. The normalized spacial score (nSPS) is 23.2. The van der Waals surface area contributed by atoms with Crippen molar-refractivity contribution in [2.75, 3.05) is 39.8 Å². The molecule has 0 radical (unpaired) electrons. The fraction of sp³-hybridized carbons (Fsp3) is 0.519. The average Bonchev–Trinajstić information content (AvgIpc) is 3.18. The van der Waals surface area contributed by atoms with Gasteiger partial charge in [0.2, 0.25) is 5.91 Å². The Morgan fingerprint density at radius 1 is 1.00 bits per heavy atom. The SMILES string of the molecule is CN(Cc1ccc(F)cc1)C[C@]1(O)CCN(C(=O)C2(C)CCN(Cc3ccccc3)CC2)C1. The number of β-amino-alcohol motifs (C(OH)–C–C–N with tert-alkyl or cyclic N) is 1. The quantitative estimate of drug-likeness (QED) is 0.697. The van der Waals surface area contributed by atoms with E-state index in [2.05, 4.69) is 36.1 Å². The first kappa shape index (κ1) is 23.9. The second-order valence-corrected chi connectivity index (χ2v) is 10.3. The zero-order chi connectivity index (χ0) is 23.5.